The maximum absolute atomic E-state index is 11.0. The second-order valence-corrected chi connectivity index (χ2v) is 5.56. The predicted molar refractivity (Wildman–Crippen MR) is 62.4 cm³/mol. The Morgan fingerprint density at radius 2 is 2.13 bits per heavy atom. The van der Waals surface area contributed by atoms with E-state index in [0.29, 0.717) is 17.9 Å². The topological polar surface area (TPSA) is 40.5 Å². The van der Waals surface area contributed by atoms with Gasteiger partial charge in [-0.2, -0.15) is 0 Å². The number of alkyl halides is 1. The van der Waals surface area contributed by atoms with E-state index in [4.69, 9.17) is 5.11 Å². The van der Waals surface area contributed by atoms with Crippen molar-refractivity contribution in [1.29, 1.82) is 0 Å². The number of hydrogen-bond donors (Lipinski definition) is 1. The summed E-state index contributed by atoms with van der Waals surface area (Å²) in [6.07, 6.45) is 5.26. The molecular weight excluding hydrogens is 258 g/mol. The monoisotopic (exact) mass is 275 g/mol. The molecule has 86 valence electrons. The fraction of sp³-hybridized carbons (Fsp3) is 0.909. The lowest BCUT2D eigenvalue weighted by Crippen LogP contribution is -2.49. The minimum Gasteiger partial charge on any atom is -0.465 e. The molecule has 0 aromatic carbocycles. The first-order chi connectivity index (χ1) is 7.18. The van der Waals surface area contributed by atoms with Crippen LogP contribution in [0.1, 0.15) is 32.1 Å². The van der Waals surface area contributed by atoms with Crippen molar-refractivity contribution in [3.63, 3.8) is 0 Å². The SMILES string of the molecule is O=C(O)N1CCC(CBr)C2(CCCC2)C1. The summed E-state index contributed by atoms with van der Waals surface area (Å²) in [5, 5.41) is 10.1. The van der Waals surface area contributed by atoms with E-state index in [1.165, 1.54) is 25.7 Å². The van der Waals surface area contributed by atoms with Gasteiger partial charge in [0.1, 0.15) is 0 Å². The molecule has 1 saturated carbocycles. The Bertz CT molecular complexity index is 251. The quantitative estimate of drug-likeness (QED) is 0.748. The highest BCUT2D eigenvalue weighted by molar-refractivity contribution is 9.09. The van der Waals surface area contributed by atoms with Crippen molar-refractivity contribution in [3.8, 4) is 0 Å². The Labute approximate surface area is 99.0 Å². The molecule has 1 saturated heterocycles. The maximum atomic E-state index is 11.0. The fourth-order valence-corrected chi connectivity index (χ4v) is 4.27. The third-order valence-corrected chi connectivity index (χ3v) is 4.96. The van der Waals surface area contributed by atoms with Crippen LogP contribution >= 0.6 is 15.9 Å². The molecule has 1 unspecified atom stereocenters. The summed E-state index contributed by atoms with van der Waals surface area (Å²) in [6.45, 7) is 1.48. The average Bonchev–Trinajstić information content (AvgIpc) is 2.67. The van der Waals surface area contributed by atoms with E-state index < -0.39 is 6.09 Å². The van der Waals surface area contributed by atoms with Crippen LogP contribution in [0.2, 0.25) is 0 Å². The number of nitrogens with zero attached hydrogens (tertiary/aromatic N) is 1. The van der Waals surface area contributed by atoms with E-state index >= 15 is 0 Å². The second kappa shape index (κ2) is 4.32. The van der Waals surface area contributed by atoms with Crippen LogP contribution in [0.4, 0.5) is 4.79 Å². The van der Waals surface area contributed by atoms with Crippen LogP contribution in [0.25, 0.3) is 0 Å². The van der Waals surface area contributed by atoms with Gasteiger partial charge < -0.3 is 10.0 Å². The number of amides is 1. The molecule has 1 aliphatic heterocycles. The minimum atomic E-state index is -0.741. The molecular formula is C11H18BrNO2. The van der Waals surface area contributed by atoms with Gasteiger partial charge in [-0.05, 0) is 30.6 Å². The van der Waals surface area contributed by atoms with Crippen LogP contribution in [0.5, 0.6) is 0 Å². The Morgan fingerprint density at radius 3 is 2.67 bits per heavy atom. The number of halogens is 1. The molecule has 1 atom stereocenters. The summed E-state index contributed by atoms with van der Waals surface area (Å²) in [5.41, 5.74) is 0.292. The van der Waals surface area contributed by atoms with Crippen molar-refractivity contribution >= 4 is 22.0 Å². The first-order valence-electron chi connectivity index (χ1n) is 5.72. The third-order valence-electron chi connectivity index (χ3n) is 4.18. The number of likely N-dealkylation sites (tertiary alicyclic amines) is 1. The smallest absolute Gasteiger partial charge is 0.407 e. The molecule has 15 heavy (non-hydrogen) atoms. The molecule has 1 N–H and O–H groups in total. The van der Waals surface area contributed by atoms with E-state index in [9.17, 15) is 4.79 Å². The van der Waals surface area contributed by atoms with Gasteiger partial charge in [0.25, 0.3) is 0 Å². The highest BCUT2D eigenvalue weighted by Gasteiger charge is 2.45. The Balaban J connectivity index is 2.12. The molecule has 2 rings (SSSR count). The van der Waals surface area contributed by atoms with E-state index in [2.05, 4.69) is 15.9 Å². The normalized spacial score (nSPS) is 29.7. The van der Waals surface area contributed by atoms with Gasteiger partial charge in [-0.15, -0.1) is 0 Å². The van der Waals surface area contributed by atoms with Crippen molar-refractivity contribution in [1.82, 2.24) is 4.90 Å². The first-order valence-corrected chi connectivity index (χ1v) is 6.84. The van der Waals surface area contributed by atoms with Gasteiger partial charge in [-0.25, -0.2) is 4.79 Å². The molecule has 0 aromatic heterocycles. The van der Waals surface area contributed by atoms with Crippen LogP contribution in [-0.2, 0) is 0 Å². The summed E-state index contributed by atoms with van der Waals surface area (Å²) < 4.78 is 0. The Hall–Kier alpha value is -0.250. The highest BCUT2D eigenvalue weighted by Crippen LogP contribution is 2.49. The molecule has 3 nitrogen and oxygen atoms in total. The van der Waals surface area contributed by atoms with Gasteiger partial charge in [0.15, 0.2) is 0 Å². The lowest BCUT2D eigenvalue weighted by molar-refractivity contribution is 0.0439. The zero-order chi connectivity index (χ0) is 10.9. The van der Waals surface area contributed by atoms with Crippen molar-refractivity contribution in [2.24, 2.45) is 11.3 Å². The van der Waals surface area contributed by atoms with Crippen LogP contribution in [0.3, 0.4) is 0 Å². The van der Waals surface area contributed by atoms with Gasteiger partial charge in [0.05, 0.1) is 0 Å². The molecule has 0 aromatic rings. The second-order valence-electron chi connectivity index (χ2n) is 4.91. The third kappa shape index (κ3) is 2.01. The number of hydrogen-bond acceptors (Lipinski definition) is 1. The van der Waals surface area contributed by atoms with Crippen molar-refractivity contribution < 1.29 is 9.90 Å². The van der Waals surface area contributed by atoms with Crippen LogP contribution < -0.4 is 0 Å². The predicted octanol–water partition coefficient (Wildman–Crippen LogP) is 2.94. The van der Waals surface area contributed by atoms with Crippen LogP contribution in [-0.4, -0.2) is 34.5 Å². The summed E-state index contributed by atoms with van der Waals surface area (Å²) >= 11 is 3.59. The van der Waals surface area contributed by atoms with Gasteiger partial charge in [-0.1, -0.05) is 28.8 Å². The van der Waals surface area contributed by atoms with Crippen molar-refractivity contribution in [2.75, 3.05) is 18.4 Å². The van der Waals surface area contributed by atoms with Crippen LogP contribution in [0, 0.1) is 11.3 Å². The van der Waals surface area contributed by atoms with E-state index in [1.807, 2.05) is 0 Å². The highest BCUT2D eigenvalue weighted by atomic mass is 79.9. The summed E-state index contributed by atoms with van der Waals surface area (Å²) in [6, 6.07) is 0. The standard InChI is InChI=1S/C11H18BrNO2/c12-7-9-3-6-13(10(14)15)8-11(9)4-1-2-5-11/h9H,1-8H2,(H,14,15). The molecule has 4 heteroatoms. The molecule has 1 amide bonds. The molecule has 2 fully saturated rings. The molecule has 0 bridgehead atoms. The average molecular weight is 276 g/mol. The lowest BCUT2D eigenvalue weighted by Gasteiger charge is -2.45. The largest absolute Gasteiger partial charge is 0.465 e. The van der Waals surface area contributed by atoms with Crippen LogP contribution in [0.15, 0.2) is 0 Å². The summed E-state index contributed by atoms with van der Waals surface area (Å²) in [5.74, 6) is 0.676. The number of piperidine rings is 1. The van der Waals surface area contributed by atoms with E-state index in [1.54, 1.807) is 4.90 Å². The zero-order valence-corrected chi connectivity index (χ0v) is 10.5. The summed E-state index contributed by atoms with van der Waals surface area (Å²) in [7, 11) is 0. The van der Waals surface area contributed by atoms with Crippen molar-refractivity contribution in [3.05, 3.63) is 0 Å². The zero-order valence-electron chi connectivity index (χ0n) is 8.91. The molecule has 1 heterocycles. The van der Waals surface area contributed by atoms with Gasteiger partial charge >= 0.3 is 6.09 Å². The van der Waals surface area contributed by atoms with Gasteiger partial charge in [0.2, 0.25) is 0 Å². The number of carbonyl (C=O) groups is 1. The molecule has 0 radical (unpaired) electrons. The van der Waals surface area contributed by atoms with E-state index in [-0.39, 0.29) is 0 Å². The molecule has 1 aliphatic carbocycles. The summed E-state index contributed by atoms with van der Waals surface area (Å²) in [4.78, 5) is 12.6. The number of carboxylic acid groups (broad SMARTS) is 1. The van der Waals surface area contributed by atoms with Crippen molar-refractivity contribution in [2.45, 2.75) is 32.1 Å². The first kappa shape index (κ1) is 11.2. The Kier molecular flexibility index (Phi) is 3.24. The van der Waals surface area contributed by atoms with Gasteiger partial charge in [0, 0.05) is 18.4 Å². The maximum Gasteiger partial charge on any atom is 0.407 e. The number of rotatable bonds is 1. The van der Waals surface area contributed by atoms with E-state index in [0.717, 1.165) is 18.3 Å². The fourth-order valence-electron chi connectivity index (χ4n) is 3.26. The van der Waals surface area contributed by atoms with Gasteiger partial charge in [-0.3, -0.25) is 0 Å². The molecule has 1 spiro atoms. The Morgan fingerprint density at radius 1 is 1.47 bits per heavy atom. The molecule has 2 aliphatic rings. The minimum absolute atomic E-state index is 0.292. The lowest BCUT2D eigenvalue weighted by atomic mass is 9.70.